The largest absolute Gasteiger partial charge is 0.501 e. The minimum Gasteiger partial charge on any atom is -0.377 e. The molecule has 5 heteroatoms. The number of unbranched alkanes of at least 4 members (excludes halogenated alkanes) is 1. The van der Waals surface area contributed by atoms with Crippen LogP contribution in [0.25, 0.3) is 0 Å². The Hall–Kier alpha value is 0.447. The predicted molar refractivity (Wildman–Crippen MR) is 54.4 cm³/mol. The molecule has 0 aliphatic rings. The maximum Gasteiger partial charge on any atom is 0.501 e. The first-order valence-electron chi connectivity index (χ1n) is 4.09. The van der Waals surface area contributed by atoms with Crippen LogP contribution in [-0.2, 0) is 13.3 Å². The molecule has 0 fully saturated rings. The van der Waals surface area contributed by atoms with Crippen LogP contribution in [0.2, 0.25) is 6.04 Å². The van der Waals surface area contributed by atoms with Gasteiger partial charge >= 0.3 is 8.80 Å². The lowest BCUT2D eigenvalue weighted by Gasteiger charge is -2.25. The van der Waals surface area contributed by atoms with Crippen molar-refractivity contribution >= 4 is 21.4 Å². The molecule has 0 saturated carbocycles. The third-order valence-corrected chi connectivity index (χ3v) is 4.91. The Bertz CT molecular complexity index is 109. The number of rotatable bonds is 7. The van der Waals surface area contributed by atoms with E-state index in [0.29, 0.717) is 5.94 Å². The lowest BCUT2D eigenvalue weighted by Crippen LogP contribution is -2.43. The summed E-state index contributed by atoms with van der Waals surface area (Å²) in [4.78, 5) is 0. The second-order valence-electron chi connectivity index (χ2n) is 2.47. The highest BCUT2D eigenvalue weighted by Crippen LogP contribution is 2.17. The zero-order valence-electron chi connectivity index (χ0n) is 8.00. The van der Waals surface area contributed by atoms with Gasteiger partial charge in [0, 0.05) is 20.3 Å². The van der Waals surface area contributed by atoms with Gasteiger partial charge in [-0.15, -0.1) is 0 Å². The first-order chi connectivity index (χ1) is 5.74. The van der Waals surface area contributed by atoms with Crippen LogP contribution in [0.5, 0.6) is 0 Å². The maximum absolute atomic E-state index is 5.39. The van der Waals surface area contributed by atoms with Crippen LogP contribution in [0.1, 0.15) is 19.8 Å². The fourth-order valence-electron chi connectivity index (χ4n) is 0.969. The average molecular weight is 210 g/mol. The van der Waals surface area contributed by atoms with Gasteiger partial charge in [-0.05, 0) is 6.42 Å². The van der Waals surface area contributed by atoms with Gasteiger partial charge in [-0.25, -0.2) is 0 Å². The van der Waals surface area contributed by atoms with Gasteiger partial charge < -0.3 is 13.3 Å². The number of hydrogen-bond acceptors (Lipinski definition) is 4. The summed E-state index contributed by atoms with van der Waals surface area (Å²) >= 11 is 4.00. The van der Waals surface area contributed by atoms with Crippen molar-refractivity contribution in [1.82, 2.24) is 0 Å². The van der Waals surface area contributed by atoms with Crippen molar-refractivity contribution in [3.63, 3.8) is 0 Å². The van der Waals surface area contributed by atoms with E-state index in [1.54, 1.807) is 14.2 Å². The molecule has 0 aromatic carbocycles. The highest BCUT2D eigenvalue weighted by Gasteiger charge is 2.37. The lowest BCUT2D eigenvalue weighted by atomic mass is 10.4. The molecule has 0 spiro atoms. The smallest absolute Gasteiger partial charge is 0.377 e. The van der Waals surface area contributed by atoms with Crippen molar-refractivity contribution in [2.24, 2.45) is 0 Å². The normalized spacial score (nSPS) is 12.0. The second kappa shape index (κ2) is 6.91. The van der Waals surface area contributed by atoms with Crippen molar-refractivity contribution < 1.29 is 13.3 Å². The summed E-state index contributed by atoms with van der Waals surface area (Å²) in [6.45, 7) is 2.13. The first-order valence-corrected chi connectivity index (χ1v) is 6.66. The monoisotopic (exact) mass is 210 g/mol. The van der Waals surface area contributed by atoms with Gasteiger partial charge in [0.25, 0.3) is 0 Å². The average Bonchev–Trinajstić information content (AvgIpc) is 2.13. The second-order valence-corrected chi connectivity index (χ2v) is 5.70. The maximum atomic E-state index is 5.39. The highest BCUT2D eigenvalue weighted by atomic mass is 32.1. The summed E-state index contributed by atoms with van der Waals surface area (Å²) in [5.74, 6) is 0.359. The Morgan fingerprint density at radius 3 is 2.17 bits per heavy atom. The molecule has 0 saturated heterocycles. The summed E-state index contributed by atoms with van der Waals surface area (Å²) < 4.78 is 15.9. The van der Waals surface area contributed by atoms with E-state index in [1.165, 1.54) is 0 Å². The van der Waals surface area contributed by atoms with Crippen molar-refractivity contribution in [2.75, 3.05) is 20.2 Å². The minimum absolute atomic E-state index is 0.359. The molecule has 0 N–H and O–H groups in total. The molecule has 3 nitrogen and oxygen atoms in total. The molecular weight excluding hydrogens is 192 g/mol. The minimum atomic E-state index is -2.34. The van der Waals surface area contributed by atoms with E-state index in [1.807, 2.05) is 0 Å². The fourth-order valence-corrected chi connectivity index (χ4v) is 3.50. The standard InChI is InChI=1S/C7H18O3SSi/c1-4-5-6-12(8-2,9-3)10-7-11/h11H,4-7H2,1-3H3. The van der Waals surface area contributed by atoms with Gasteiger partial charge in [-0.2, -0.15) is 12.6 Å². The van der Waals surface area contributed by atoms with Crippen LogP contribution < -0.4 is 0 Å². The van der Waals surface area contributed by atoms with Gasteiger partial charge in [-0.3, -0.25) is 0 Å². The van der Waals surface area contributed by atoms with Gasteiger partial charge in [0.2, 0.25) is 0 Å². The van der Waals surface area contributed by atoms with E-state index in [2.05, 4.69) is 19.6 Å². The molecule has 0 atom stereocenters. The van der Waals surface area contributed by atoms with Crippen molar-refractivity contribution in [2.45, 2.75) is 25.8 Å². The van der Waals surface area contributed by atoms with Gasteiger partial charge in [-0.1, -0.05) is 13.3 Å². The van der Waals surface area contributed by atoms with Crippen LogP contribution in [-0.4, -0.2) is 29.0 Å². The third-order valence-electron chi connectivity index (χ3n) is 1.74. The molecule has 0 aliphatic carbocycles. The zero-order valence-corrected chi connectivity index (χ0v) is 9.89. The predicted octanol–water partition coefficient (Wildman–Crippen LogP) is 1.92. The number of thiol groups is 1. The molecule has 0 amide bonds. The van der Waals surface area contributed by atoms with E-state index >= 15 is 0 Å². The van der Waals surface area contributed by atoms with E-state index in [9.17, 15) is 0 Å². The molecule has 0 aliphatic heterocycles. The summed E-state index contributed by atoms with van der Waals surface area (Å²) in [6, 6.07) is 0.872. The number of hydrogen-bond donors (Lipinski definition) is 1. The van der Waals surface area contributed by atoms with Crippen molar-refractivity contribution in [3.8, 4) is 0 Å². The molecular formula is C7H18O3SSi. The summed E-state index contributed by atoms with van der Waals surface area (Å²) in [6.07, 6.45) is 2.19. The van der Waals surface area contributed by atoms with E-state index in [0.717, 1.165) is 18.9 Å². The fraction of sp³-hybridized carbons (Fsp3) is 1.00. The molecule has 12 heavy (non-hydrogen) atoms. The van der Waals surface area contributed by atoms with Crippen molar-refractivity contribution in [1.29, 1.82) is 0 Å². The van der Waals surface area contributed by atoms with Crippen LogP contribution in [0, 0.1) is 0 Å². The molecule has 0 heterocycles. The van der Waals surface area contributed by atoms with E-state index < -0.39 is 8.80 Å². The molecule has 0 aromatic rings. The van der Waals surface area contributed by atoms with Gasteiger partial charge in [0.15, 0.2) is 0 Å². The molecule has 0 unspecified atom stereocenters. The van der Waals surface area contributed by atoms with Crippen LogP contribution in [0.4, 0.5) is 0 Å². The molecule has 0 bridgehead atoms. The highest BCUT2D eigenvalue weighted by molar-refractivity contribution is 7.80. The van der Waals surface area contributed by atoms with Gasteiger partial charge in [0.05, 0.1) is 5.94 Å². The SMILES string of the molecule is CCCC[Si](OC)(OC)OCS. The Labute approximate surface area is 81.2 Å². The molecule has 0 rings (SSSR count). The van der Waals surface area contributed by atoms with E-state index in [-0.39, 0.29) is 0 Å². The first kappa shape index (κ1) is 12.4. The van der Waals surface area contributed by atoms with E-state index in [4.69, 9.17) is 13.3 Å². The Morgan fingerprint density at radius 1 is 1.25 bits per heavy atom. The topological polar surface area (TPSA) is 27.7 Å². The summed E-state index contributed by atoms with van der Waals surface area (Å²) in [5.41, 5.74) is 0. The van der Waals surface area contributed by atoms with Crippen LogP contribution in [0.3, 0.4) is 0 Å². The third kappa shape index (κ3) is 3.91. The van der Waals surface area contributed by atoms with Gasteiger partial charge in [0.1, 0.15) is 0 Å². The summed E-state index contributed by atoms with van der Waals surface area (Å²) in [7, 11) is 0.927. The zero-order chi connectivity index (χ0) is 9.45. The molecule has 74 valence electrons. The lowest BCUT2D eigenvalue weighted by molar-refractivity contribution is 0.117. The molecule has 0 aromatic heterocycles. The Morgan fingerprint density at radius 2 is 1.83 bits per heavy atom. The summed E-state index contributed by atoms with van der Waals surface area (Å²) in [5, 5.41) is 0. The van der Waals surface area contributed by atoms with Crippen LogP contribution in [0.15, 0.2) is 0 Å². The Kier molecular flexibility index (Phi) is 7.17. The Balaban J connectivity index is 3.95. The van der Waals surface area contributed by atoms with Crippen molar-refractivity contribution in [3.05, 3.63) is 0 Å². The van der Waals surface area contributed by atoms with Crippen LogP contribution >= 0.6 is 12.6 Å². The quantitative estimate of drug-likeness (QED) is 0.395. The molecule has 0 radical (unpaired) electrons.